The summed E-state index contributed by atoms with van der Waals surface area (Å²) in [6.45, 7) is 4.03. The zero-order valence-corrected chi connectivity index (χ0v) is 29.3. The summed E-state index contributed by atoms with van der Waals surface area (Å²) in [4.78, 5) is 23.5. The first-order valence-corrected chi connectivity index (χ1v) is 17.6. The summed E-state index contributed by atoms with van der Waals surface area (Å²) >= 11 is 14.3. The fourth-order valence-electron chi connectivity index (χ4n) is 7.31. The smallest absolute Gasteiger partial charge is 0.220 e. The molecule has 1 saturated heterocycles. The summed E-state index contributed by atoms with van der Waals surface area (Å²) in [5.74, 6) is 2.01. The fourth-order valence-corrected chi connectivity index (χ4v) is 7.96. The highest BCUT2D eigenvalue weighted by molar-refractivity contribution is 6.39. The van der Waals surface area contributed by atoms with E-state index in [9.17, 15) is 9.90 Å². The van der Waals surface area contributed by atoms with Gasteiger partial charge >= 0.3 is 0 Å². The van der Waals surface area contributed by atoms with Crippen molar-refractivity contribution in [2.24, 2.45) is 5.92 Å². The van der Waals surface area contributed by atoms with Gasteiger partial charge in [-0.3, -0.25) is 14.7 Å². The van der Waals surface area contributed by atoms with Crippen LogP contribution in [0.25, 0.3) is 33.6 Å². The Balaban J connectivity index is 1.13. The molecule has 0 spiro atoms. The van der Waals surface area contributed by atoms with Crippen LogP contribution in [0.3, 0.4) is 0 Å². The van der Waals surface area contributed by atoms with Gasteiger partial charge in [-0.1, -0.05) is 47.5 Å². The van der Waals surface area contributed by atoms with Crippen molar-refractivity contribution in [3.05, 3.63) is 81.5 Å². The molecule has 3 N–H and O–H groups in total. The van der Waals surface area contributed by atoms with Crippen LogP contribution in [0.2, 0.25) is 10.0 Å². The number of carbonyl (C=O) groups excluding carboxylic acids is 1. The van der Waals surface area contributed by atoms with E-state index >= 15 is 0 Å². The molecular weight excluding hydrogens is 661 g/mol. The number of hydrogen-bond donors (Lipinski definition) is 3. The van der Waals surface area contributed by atoms with Crippen LogP contribution in [0.1, 0.15) is 42.4 Å². The predicted molar refractivity (Wildman–Crippen MR) is 192 cm³/mol. The number of benzene rings is 2. The van der Waals surface area contributed by atoms with Crippen molar-refractivity contribution in [1.82, 2.24) is 25.5 Å². The number of aliphatic hydroxyl groups excluding tert-OH is 1. The monoisotopic (exact) mass is 701 g/mol. The molecule has 4 heterocycles. The third kappa shape index (κ3) is 7.14. The molecule has 3 aliphatic rings. The maximum atomic E-state index is 11.5. The minimum Gasteiger partial charge on any atom is -0.496 e. The Hall–Kier alpha value is -3.73. The van der Waals surface area contributed by atoms with Crippen molar-refractivity contribution in [3.63, 3.8) is 0 Å². The highest BCUT2D eigenvalue weighted by atomic mass is 35.5. The summed E-state index contributed by atoms with van der Waals surface area (Å²) in [5, 5.41) is 17.1. The van der Waals surface area contributed by atoms with E-state index in [1.54, 1.807) is 20.4 Å². The predicted octanol–water partition coefficient (Wildman–Crippen LogP) is 6.30. The molecule has 4 aromatic rings. The van der Waals surface area contributed by atoms with Gasteiger partial charge in [-0.05, 0) is 61.4 Å². The van der Waals surface area contributed by atoms with E-state index in [-0.39, 0.29) is 18.1 Å². The molecule has 49 heavy (non-hydrogen) atoms. The lowest BCUT2D eigenvalue weighted by Crippen LogP contribution is -2.40. The van der Waals surface area contributed by atoms with Crippen LogP contribution in [0, 0.1) is 5.92 Å². The van der Waals surface area contributed by atoms with Gasteiger partial charge in [0.25, 0.3) is 0 Å². The zero-order chi connectivity index (χ0) is 34.1. The van der Waals surface area contributed by atoms with Crippen molar-refractivity contribution in [1.29, 1.82) is 0 Å². The second-order valence-corrected chi connectivity index (χ2v) is 14.0. The number of carbonyl (C=O) groups is 1. The van der Waals surface area contributed by atoms with Gasteiger partial charge in [0.2, 0.25) is 11.8 Å². The Morgan fingerprint density at radius 1 is 1.02 bits per heavy atom. The number of fused-ring (bicyclic) bond motifs is 1. The third-order valence-corrected chi connectivity index (χ3v) is 10.8. The summed E-state index contributed by atoms with van der Waals surface area (Å²) in [5.41, 5.74) is 7.92. The molecule has 0 bridgehead atoms. The van der Waals surface area contributed by atoms with E-state index in [1.165, 1.54) is 11.1 Å². The normalized spacial score (nSPS) is 20.4. The van der Waals surface area contributed by atoms with Crippen LogP contribution in [0.4, 0.5) is 0 Å². The lowest BCUT2D eigenvalue weighted by molar-refractivity contribution is -0.119. The summed E-state index contributed by atoms with van der Waals surface area (Å²) in [6, 6.07) is 16.0. The molecule has 9 nitrogen and oxygen atoms in total. The number of amides is 1. The molecule has 256 valence electrons. The van der Waals surface area contributed by atoms with Gasteiger partial charge < -0.3 is 25.2 Å². The van der Waals surface area contributed by atoms with Crippen LogP contribution >= 0.6 is 23.2 Å². The largest absolute Gasteiger partial charge is 0.496 e. The van der Waals surface area contributed by atoms with Crippen LogP contribution in [-0.4, -0.2) is 71.9 Å². The first-order chi connectivity index (χ1) is 23.8. The molecule has 0 radical (unpaired) electrons. The maximum absolute atomic E-state index is 11.5. The Labute approximate surface area is 297 Å². The number of aliphatic hydroxyl groups is 1. The Kier molecular flexibility index (Phi) is 10.1. The van der Waals surface area contributed by atoms with Gasteiger partial charge in [-0.2, -0.15) is 0 Å². The van der Waals surface area contributed by atoms with Crippen molar-refractivity contribution in [3.8, 4) is 45.3 Å². The Morgan fingerprint density at radius 3 is 2.59 bits per heavy atom. The number of nitrogens with one attached hydrogen (secondary N) is 2. The molecule has 7 rings (SSSR count). The number of nitrogens with zero attached hydrogens (tertiary/aromatic N) is 3. The molecule has 1 aliphatic carbocycles. The zero-order valence-electron chi connectivity index (χ0n) is 27.8. The van der Waals surface area contributed by atoms with Crippen molar-refractivity contribution < 1.29 is 19.4 Å². The lowest BCUT2D eigenvalue weighted by Gasteiger charge is -2.38. The molecule has 1 atom stereocenters. The van der Waals surface area contributed by atoms with E-state index in [1.807, 2.05) is 42.5 Å². The first kappa shape index (κ1) is 33.8. The minimum atomic E-state index is -0.135. The lowest BCUT2D eigenvalue weighted by atomic mass is 9.81. The number of halogens is 2. The van der Waals surface area contributed by atoms with Crippen LogP contribution in [-0.2, 0) is 24.3 Å². The average Bonchev–Trinajstić information content (AvgIpc) is 3.52. The van der Waals surface area contributed by atoms with Crippen molar-refractivity contribution in [2.75, 3.05) is 33.9 Å². The Bertz CT molecular complexity index is 1850. The number of methoxy groups -OCH3 is 2. The fraction of sp³-hybridized carbons (Fsp3) is 0.395. The number of aromatic nitrogens is 2. The first-order valence-electron chi connectivity index (χ1n) is 16.9. The molecule has 2 aromatic carbocycles. The van der Waals surface area contributed by atoms with E-state index in [4.69, 9.17) is 42.6 Å². The van der Waals surface area contributed by atoms with E-state index in [0.717, 1.165) is 78.9 Å². The van der Waals surface area contributed by atoms with Crippen molar-refractivity contribution >= 4 is 29.1 Å². The van der Waals surface area contributed by atoms with Gasteiger partial charge in [0.1, 0.15) is 5.75 Å². The van der Waals surface area contributed by atoms with E-state index in [2.05, 4.69) is 21.6 Å². The molecule has 1 unspecified atom stereocenters. The van der Waals surface area contributed by atoms with Gasteiger partial charge in [-0.25, -0.2) is 4.98 Å². The standard InChI is InChI=1S/C38H41Cl2N5O4/c1-48-33-17-25(16-23-11-13-45(21-31(23)33)20-22-14-27(46)15-22)37-36(40)29(10-12-42-37)28-4-3-5-30(35(28)39)32-8-6-24(38(44-32)49-2)18-41-19-26-7-9-34(47)43-26/h3-6,8,10,12,16-17,22,26-27,41,46H,7,9,11,13-15,18-21H2,1-2H3,(H,43,47). The molecular formula is C38H41Cl2N5O4. The number of rotatable bonds is 11. The SMILES string of the molecule is COc1cc(-c2nccc(-c3cccc(-c4ccc(CNCC5CCC(=O)N5)c(OC)n4)c3Cl)c2Cl)cc2c1CN(CC1CC(O)C1)CC2. The third-order valence-electron chi connectivity index (χ3n) is 9.98. The number of pyridine rings is 2. The summed E-state index contributed by atoms with van der Waals surface area (Å²) in [7, 11) is 3.32. The van der Waals surface area contributed by atoms with Crippen LogP contribution in [0.5, 0.6) is 11.6 Å². The van der Waals surface area contributed by atoms with Crippen molar-refractivity contribution in [2.45, 2.75) is 57.3 Å². The Morgan fingerprint density at radius 2 is 1.84 bits per heavy atom. The molecule has 2 aliphatic heterocycles. The highest BCUT2D eigenvalue weighted by Gasteiger charge is 2.31. The molecule has 11 heteroatoms. The van der Waals surface area contributed by atoms with Gasteiger partial charge in [0, 0.05) is 84.8 Å². The quantitative estimate of drug-likeness (QED) is 0.167. The van der Waals surface area contributed by atoms with Gasteiger partial charge in [0.15, 0.2) is 0 Å². The van der Waals surface area contributed by atoms with Crippen LogP contribution < -0.4 is 20.1 Å². The van der Waals surface area contributed by atoms with E-state index < -0.39 is 0 Å². The summed E-state index contributed by atoms with van der Waals surface area (Å²) in [6.07, 6.45) is 5.74. The van der Waals surface area contributed by atoms with E-state index in [0.29, 0.717) is 52.7 Å². The second-order valence-electron chi connectivity index (χ2n) is 13.3. The van der Waals surface area contributed by atoms with Crippen LogP contribution in [0.15, 0.2) is 54.7 Å². The molecule has 1 amide bonds. The second kappa shape index (κ2) is 14.6. The summed E-state index contributed by atoms with van der Waals surface area (Å²) < 4.78 is 11.6. The highest BCUT2D eigenvalue weighted by Crippen LogP contribution is 2.43. The van der Waals surface area contributed by atoms with Gasteiger partial charge in [-0.15, -0.1) is 0 Å². The number of ether oxygens (including phenoxy) is 2. The maximum Gasteiger partial charge on any atom is 0.220 e. The topological polar surface area (TPSA) is 109 Å². The molecule has 1 saturated carbocycles. The minimum absolute atomic E-state index is 0.104. The van der Waals surface area contributed by atoms with Gasteiger partial charge in [0.05, 0.1) is 41.8 Å². The average molecular weight is 703 g/mol. The number of hydrogen-bond acceptors (Lipinski definition) is 8. The molecule has 2 aromatic heterocycles. The molecule has 2 fully saturated rings.